The van der Waals surface area contributed by atoms with Gasteiger partial charge >= 0.3 is 12.3 Å². The van der Waals surface area contributed by atoms with Crippen molar-refractivity contribution in [2.24, 2.45) is 0 Å². The minimum absolute atomic E-state index is 0.105. The number of carbonyl (C=O) groups excluding carboxylic acids is 1. The van der Waals surface area contributed by atoms with E-state index < -0.39 is 51.4 Å². The molecule has 0 fully saturated rings. The highest BCUT2D eigenvalue weighted by molar-refractivity contribution is 7.92. The van der Waals surface area contributed by atoms with E-state index in [9.17, 15) is 26.4 Å². The van der Waals surface area contributed by atoms with Crippen molar-refractivity contribution in [1.29, 1.82) is 0 Å². The van der Waals surface area contributed by atoms with Gasteiger partial charge in [0.25, 0.3) is 0 Å². The number of benzene rings is 1. The molecule has 16 heteroatoms. The van der Waals surface area contributed by atoms with E-state index in [2.05, 4.69) is 35.3 Å². The lowest BCUT2D eigenvalue weighted by Gasteiger charge is -2.14. The predicted molar refractivity (Wildman–Crippen MR) is 145 cm³/mol. The van der Waals surface area contributed by atoms with Gasteiger partial charge in [-0.1, -0.05) is 26.8 Å². The molecule has 0 radical (unpaired) electrons. The number of alkyl carbamates (subject to hydrolysis) is 1. The summed E-state index contributed by atoms with van der Waals surface area (Å²) in [6.45, 7) is 7.63. The summed E-state index contributed by atoms with van der Waals surface area (Å²) < 4.78 is 84.3. The molecule has 1 amide bonds. The second-order valence-electron chi connectivity index (χ2n) is 10.2. The van der Waals surface area contributed by atoms with Crippen molar-refractivity contribution in [2.45, 2.75) is 51.7 Å². The smallest absolute Gasteiger partial charge is 0.407 e. The van der Waals surface area contributed by atoms with E-state index in [1.165, 1.54) is 25.4 Å². The lowest BCUT2D eigenvalue weighted by molar-refractivity contribution is -0.129. The lowest BCUT2D eigenvalue weighted by atomic mass is 9.96. The summed E-state index contributed by atoms with van der Waals surface area (Å²) in [6, 6.07) is 5.07. The highest BCUT2D eigenvalue weighted by Gasteiger charge is 2.31. The zero-order valence-electron chi connectivity index (χ0n) is 23.0. The number of sulfonamides is 1. The number of nitrogens with zero attached hydrogens (tertiary/aromatic N) is 3. The van der Waals surface area contributed by atoms with Crippen molar-refractivity contribution in [3.05, 3.63) is 42.1 Å². The summed E-state index contributed by atoms with van der Waals surface area (Å²) in [4.78, 5) is 27.8. The van der Waals surface area contributed by atoms with E-state index >= 15 is 4.39 Å². The van der Waals surface area contributed by atoms with Gasteiger partial charge < -0.3 is 20.4 Å². The van der Waals surface area contributed by atoms with Crippen molar-refractivity contribution >= 4 is 27.8 Å². The predicted octanol–water partition coefficient (Wildman–Crippen LogP) is 4.82. The van der Waals surface area contributed by atoms with Crippen LogP contribution in [0.5, 0.6) is 0 Å². The Morgan fingerprint density at radius 1 is 1.15 bits per heavy atom. The van der Waals surface area contributed by atoms with Crippen molar-refractivity contribution < 1.29 is 35.5 Å². The number of ether oxygens (including phenoxy) is 1. The number of carbonyl (C=O) groups is 1. The van der Waals surface area contributed by atoms with Gasteiger partial charge in [-0.25, -0.2) is 32.6 Å². The Balaban J connectivity index is 1.98. The minimum Gasteiger partial charge on any atom is -0.453 e. The number of aromatic amines is 1. The topological polar surface area (TPSA) is 151 Å². The first-order valence-electron chi connectivity index (χ1n) is 12.4. The first-order chi connectivity index (χ1) is 19.0. The van der Waals surface area contributed by atoms with Crippen molar-refractivity contribution in [3.8, 4) is 22.6 Å². The summed E-state index contributed by atoms with van der Waals surface area (Å²) in [5.41, 5.74) is -0.403. The molecule has 1 atom stereocenters. The maximum atomic E-state index is 15.7. The van der Waals surface area contributed by atoms with E-state index in [4.69, 9.17) is 0 Å². The molecule has 41 heavy (non-hydrogen) atoms. The summed E-state index contributed by atoms with van der Waals surface area (Å²) >= 11 is 0. The monoisotopic (exact) mass is 601 g/mol. The highest BCUT2D eigenvalue weighted by Crippen LogP contribution is 2.36. The second-order valence-corrected chi connectivity index (χ2v) is 12.0. The molecule has 0 unspecified atom stereocenters. The van der Waals surface area contributed by atoms with Crippen LogP contribution < -0.4 is 15.4 Å². The maximum absolute atomic E-state index is 15.7. The normalized spacial score (nSPS) is 13.0. The third-order valence-corrected chi connectivity index (χ3v) is 6.89. The quantitative estimate of drug-likeness (QED) is 0.242. The van der Waals surface area contributed by atoms with Crippen LogP contribution in [-0.2, 0) is 20.2 Å². The lowest BCUT2D eigenvalue weighted by Crippen LogP contribution is -2.37. The Bertz CT molecular complexity index is 1490. The van der Waals surface area contributed by atoms with E-state index in [0.717, 1.165) is 6.07 Å². The maximum Gasteiger partial charge on any atom is 0.407 e. The number of H-pyrrole nitrogens is 1. The van der Waals surface area contributed by atoms with Crippen LogP contribution in [0, 0.1) is 5.82 Å². The Hall–Kier alpha value is -3.95. The molecule has 3 rings (SSSR count). The molecule has 2 aromatic heterocycles. The van der Waals surface area contributed by atoms with Crippen LogP contribution in [0.15, 0.2) is 30.5 Å². The van der Waals surface area contributed by atoms with Crippen LogP contribution >= 0.6 is 0 Å². The second kappa shape index (κ2) is 12.3. The average Bonchev–Trinajstić information content (AvgIpc) is 3.33. The molecule has 3 aromatic rings. The van der Waals surface area contributed by atoms with Gasteiger partial charge in [0.1, 0.15) is 11.5 Å². The molecule has 224 valence electrons. The number of rotatable bonds is 10. The number of alkyl halides is 3. The van der Waals surface area contributed by atoms with E-state index in [0.29, 0.717) is 17.2 Å². The number of nitrogens with one attached hydrogen (secondary N) is 4. The van der Waals surface area contributed by atoms with Gasteiger partial charge in [-0.2, -0.15) is 13.2 Å². The van der Waals surface area contributed by atoms with Crippen LogP contribution in [0.2, 0.25) is 0 Å². The number of anilines is 2. The Morgan fingerprint density at radius 2 is 1.85 bits per heavy atom. The van der Waals surface area contributed by atoms with Crippen LogP contribution in [0.3, 0.4) is 0 Å². The van der Waals surface area contributed by atoms with Crippen molar-refractivity contribution in [2.75, 3.05) is 29.4 Å². The third kappa shape index (κ3) is 8.77. The molecule has 0 saturated heterocycles. The van der Waals surface area contributed by atoms with Gasteiger partial charge in [-0.05, 0) is 25.1 Å². The molecule has 0 aliphatic heterocycles. The number of amides is 1. The van der Waals surface area contributed by atoms with Gasteiger partial charge in [0.05, 0.1) is 36.4 Å². The van der Waals surface area contributed by atoms with Crippen LogP contribution in [0.25, 0.3) is 22.6 Å². The molecule has 4 N–H and O–H groups in total. The van der Waals surface area contributed by atoms with Crippen LogP contribution in [0.4, 0.5) is 34.0 Å². The number of halogens is 4. The SMILES string of the molecule is COC(=O)N[C@@H](C)CNc1nccc(-c2[nH]c(C(C)(C)C)nc2-c2cccc(NS(=O)(=O)CCC(F)(F)F)c2F)n1. The number of hydrogen-bond acceptors (Lipinski definition) is 8. The highest BCUT2D eigenvalue weighted by atomic mass is 32.2. The molecular formula is C25H31F4N7O4S. The fraction of sp³-hybridized carbons (Fsp3) is 0.440. The first-order valence-corrected chi connectivity index (χ1v) is 14.0. The molecular weight excluding hydrogens is 570 g/mol. The zero-order valence-corrected chi connectivity index (χ0v) is 23.8. The largest absolute Gasteiger partial charge is 0.453 e. The standard InChI is InChI=1S/C25H31F4N7O4S/c1-14(32-23(37)40-5)13-31-22-30-11-9-17(33-22)20-19(34-21(35-20)24(2,3)4)15-7-6-8-16(18(15)26)36-41(38,39)12-10-25(27,28)29/h6-9,11,14,36H,10,12-13H2,1-5H3,(H,32,37)(H,34,35)(H,30,31,33)/t14-/m0/s1. The van der Waals surface area contributed by atoms with Gasteiger partial charge in [-0.15, -0.1) is 0 Å². The van der Waals surface area contributed by atoms with Crippen LogP contribution in [-0.4, -0.2) is 66.1 Å². The Kier molecular flexibility index (Phi) is 9.46. The fourth-order valence-electron chi connectivity index (χ4n) is 3.51. The van der Waals surface area contributed by atoms with E-state index in [1.54, 1.807) is 13.0 Å². The Labute approximate surface area is 234 Å². The summed E-state index contributed by atoms with van der Waals surface area (Å²) in [7, 11) is -3.25. The first kappa shape index (κ1) is 31.6. The third-order valence-electron chi connectivity index (χ3n) is 5.62. The van der Waals surface area contributed by atoms with E-state index in [1.807, 2.05) is 25.5 Å². The molecule has 0 aliphatic rings. The van der Waals surface area contributed by atoms with Crippen molar-refractivity contribution in [1.82, 2.24) is 25.3 Å². The van der Waals surface area contributed by atoms with Crippen LogP contribution in [0.1, 0.15) is 39.9 Å². The Morgan fingerprint density at radius 3 is 2.49 bits per heavy atom. The van der Waals surface area contributed by atoms with Gasteiger partial charge in [0.15, 0.2) is 5.82 Å². The molecule has 0 spiro atoms. The summed E-state index contributed by atoms with van der Waals surface area (Å²) in [5, 5.41) is 5.59. The molecule has 11 nitrogen and oxygen atoms in total. The molecule has 0 aliphatic carbocycles. The molecule has 0 saturated carbocycles. The molecule has 0 bridgehead atoms. The number of aromatic nitrogens is 4. The summed E-state index contributed by atoms with van der Waals surface area (Å²) in [5.74, 6) is -1.61. The molecule has 2 heterocycles. The van der Waals surface area contributed by atoms with Gasteiger partial charge in [-0.3, -0.25) is 4.72 Å². The van der Waals surface area contributed by atoms with Gasteiger partial charge in [0.2, 0.25) is 16.0 Å². The number of methoxy groups -OCH3 is 1. The molecule has 1 aromatic carbocycles. The van der Waals surface area contributed by atoms with Gasteiger partial charge in [0, 0.05) is 29.8 Å². The number of imidazole rings is 1. The zero-order chi connectivity index (χ0) is 30.6. The van der Waals surface area contributed by atoms with E-state index in [-0.39, 0.29) is 29.8 Å². The number of hydrogen-bond donors (Lipinski definition) is 4. The summed E-state index contributed by atoms with van der Waals surface area (Å²) in [6.07, 6.45) is -5.41. The minimum atomic E-state index is -4.69. The van der Waals surface area contributed by atoms with Crippen molar-refractivity contribution in [3.63, 3.8) is 0 Å². The fourth-order valence-corrected chi connectivity index (χ4v) is 4.60. The average molecular weight is 602 g/mol.